The molecule has 0 aliphatic heterocycles. The SMILES string of the molecule is c1ccc(-c2ccc(-c3nc(-c4ccccc4)nc(-c4cccc5c6ccccc6c6cc(-c7ccc8oc9ccccc9c8c7)ccc6c45)n3)cc2)cc1. The molecule has 55 heavy (non-hydrogen) atoms. The van der Waals surface area contributed by atoms with Gasteiger partial charge in [-0.3, -0.25) is 0 Å². The van der Waals surface area contributed by atoms with E-state index in [0.717, 1.165) is 71.5 Å². The Labute approximate surface area is 317 Å². The molecule has 0 spiro atoms. The quantitative estimate of drug-likeness (QED) is 0.168. The van der Waals surface area contributed by atoms with Crippen LogP contribution in [-0.2, 0) is 0 Å². The normalized spacial score (nSPS) is 11.6. The number of aromatic nitrogens is 3. The Hall–Kier alpha value is -7.43. The molecule has 11 aromatic rings. The first-order valence-corrected chi connectivity index (χ1v) is 18.5. The van der Waals surface area contributed by atoms with Crippen molar-refractivity contribution in [2.45, 2.75) is 0 Å². The Morgan fingerprint density at radius 3 is 1.49 bits per heavy atom. The molecule has 4 heteroatoms. The van der Waals surface area contributed by atoms with Gasteiger partial charge in [0.2, 0.25) is 0 Å². The fourth-order valence-electron chi connectivity index (χ4n) is 8.06. The van der Waals surface area contributed by atoms with Gasteiger partial charge in [0.05, 0.1) is 0 Å². The number of para-hydroxylation sites is 1. The molecule has 0 amide bonds. The van der Waals surface area contributed by atoms with Gasteiger partial charge in [0.25, 0.3) is 0 Å². The molecule has 2 heterocycles. The molecule has 0 fully saturated rings. The topological polar surface area (TPSA) is 51.8 Å². The summed E-state index contributed by atoms with van der Waals surface area (Å²) in [6.07, 6.45) is 0. The Balaban J connectivity index is 1.13. The summed E-state index contributed by atoms with van der Waals surface area (Å²) >= 11 is 0. The van der Waals surface area contributed by atoms with Gasteiger partial charge in [-0.15, -0.1) is 0 Å². The van der Waals surface area contributed by atoms with E-state index in [0.29, 0.717) is 17.5 Å². The molecule has 11 rings (SSSR count). The molecule has 0 saturated heterocycles. The van der Waals surface area contributed by atoms with Crippen molar-refractivity contribution in [3.63, 3.8) is 0 Å². The van der Waals surface area contributed by atoms with Gasteiger partial charge in [-0.05, 0) is 73.5 Å². The van der Waals surface area contributed by atoms with Crippen LogP contribution in [0.1, 0.15) is 0 Å². The third-order valence-electron chi connectivity index (χ3n) is 10.7. The van der Waals surface area contributed by atoms with Crippen LogP contribution in [-0.4, -0.2) is 15.0 Å². The summed E-state index contributed by atoms with van der Waals surface area (Å²) in [6, 6.07) is 65.8. The average Bonchev–Trinajstić information content (AvgIpc) is 3.65. The lowest BCUT2D eigenvalue weighted by Crippen LogP contribution is -2.01. The first kappa shape index (κ1) is 31.1. The van der Waals surface area contributed by atoms with Gasteiger partial charge < -0.3 is 4.42 Å². The molecule has 0 aliphatic rings. The highest BCUT2D eigenvalue weighted by molar-refractivity contribution is 6.28. The minimum atomic E-state index is 0.634. The van der Waals surface area contributed by atoms with Gasteiger partial charge in [0.15, 0.2) is 17.5 Å². The highest BCUT2D eigenvalue weighted by Gasteiger charge is 2.19. The number of hydrogen-bond donors (Lipinski definition) is 0. The van der Waals surface area contributed by atoms with E-state index < -0.39 is 0 Å². The van der Waals surface area contributed by atoms with E-state index in [1.807, 2.05) is 36.4 Å². The lowest BCUT2D eigenvalue weighted by molar-refractivity contribution is 0.669. The Kier molecular flexibility index (Phi) is 7.14. The zero-order chi connectivity index (χ0) is 36.3. The van der Waals surface area contributed by atoms with Crippen molar-refractivity contribution >= 4 is 54.3 Å². The molecule has 2 aromatic heterocycles. The van der Waals surface area contributed by atoms with Crippen LogP contribution in [0, 0.1) is 0 Å². The van der Waals surface area contributed by atoms with E-state index in [1.54, 1.807) is 0 Å². The summed E-state index contributed by atoms with van der Waals surface area (Å²) in [6.45, 7) is 0. The molecular weight excluding hydrogens is 671 g/mol. The molecule has 0 bridgehead atoms. The smallest absolute Gasteiger partial charge is 0.164 e. The number of furan rings is 1. The summed E-state index contributed by atoms with van der Waals surface area (Å²) in [5, 5.41) is 9.25. The number of nitrogens with zero attached hydrogens (tertiary/aromatic N) is 3. The molecule has 0 radical (unpaired) electrons. The van der Waals surface area contributed by atoms with Crippen molar-refractivity contribution in [2.75, 3.05) is 0 Å². The molecule has 4 nitrogen and oxygen atoms in total. The van der Waals surface area contributed by atoms with Crippen molar-refractivity contribution in [3.05, 3.63) is 188 Å². The van der Waals surface area contributed by atoms with Crippen LogP contribution in [0.5, 0.6) is 0 Å². The minimum Gasteiger partial charge on any atom is -0.456 e. The second-order valence-corrected chi connectivity index (χ2v) is 14.0. The summed E-state index contributed by atoms with van der Waals surface area (Å²) in [4.78, 5) is 15.5. The average molecular weight is 702 g/mol. The molecule has 0 aliphatic carbocycles. The van der Waals surface area contributed by atoms with Gasteiger partial charge in [-0.2, -0.15) is 0 Å². The summed E-state index contributed by atoms with van der Waals surface area (Å²) < 4.78 is 6.15. The van der Waals surface area contributed by atoms with Crippen LogP contribution in [0.3, 0.4) is 0 Å². The van der Waals surface area contributed by atoms with Crippen LogP contribution < -0.4 is 0 Å². The van der Waals surface area contributed by atoms with Gasteiger partial charge in [-0.1, -0.05) is 164 Å². The Bertz CT molecular complexity index is 3240. The number of fused-ring (bicyclic) bond motifs is 9. The highest BCUT2D eigenvalue weighted by atomic mass is 16.3. The summed E-state index contributed by atoms with van der Waals surface area (Å²) in [5.41, 5.74) is 9.24. The third-order valence-corrected chi connectivity index (χ3v) is 10.7. The molecule has 0 saturated carbocycles. The fraction of sp³-hybridized carbons (Fsp3) is 0. The largest absolute Gasteiger partial charge is 0.456 e. The van der Waals surface area contributed by atoms with Crippen LogP contribution in [0.15, 0.2) is 192 Å². The van der Waals surface area contributed by atoms with E-state index in [9.17, 15) is 0 Å². The van der Waals surface area contributed by atoms with Crippen molar-refractivity contribution in [1.29, 1.82) is 0 Å². The summed E-state index contributed by atoms with van der Waals surface area (Å²) in [5.74, 6) is 1.91. The second-order valence-electron chi connectivity index (χ2n) is 14.0. The van der Waals surface area contributed by atoms with Crippen LogP contribution in [0.2, 0.25) is 0 Å². The maximum atomic E-state index is 6.15. The van der Waals surface area contributed by atoms with Gasteiger partial charge in [-0.25, -0.2) is 15.0 Å². The standard InChI is InChI=1S/C51H31N3O/c1-3-12-32(13-4-1)33-22-24-35(25-23-33)50-52-49(34-14-5-2-6-15-34)53-51(54-50)43-20-11-19-41-38-16-7-8-17-39(38)44-30-36(26-28-42(44)48(41)43)37-27-29-47-45(31-37)40-18-9-10-21-46(40)55-47/h1-31H. The van der Waals surface area contributed by atoms with Gasteiger partial charge >= 0.3 is 0 Å². The molecule has 0 N–H and O–H groups in total. The maximum Gasteiger partial charge on any atom is 0.164 e. The first-order valence-electron chi connectivity index (χ1n) is 18.5. The number of benzene rings is 9. The van der Waals surface area contributed by atoms with Crippen LogP contribution in [0.25, 0.3) is 111 Å². The molecular formula is C51H31N3O. The zero-order valence-electron chi connectivity index (χ0n) is 29.6. The molecule has 9 aromatic carbocycles. The predicted octanol–water partition coefficient (Wildman–Crippen LogP) is 13.6. The van der Waals surface area contributed by atoms with Crippen molar-refractivity contribution < 1.29 is 4.42 Å². The van der Waals surface area contributed by atoms with Gasteiger partial charge in [0, 0.05) is 32.8 Å². The van der Waals surface area contributed by atoms with Crippen molar-refractivity contribution in [3.8, 4) is 56.4 Å². The summed E-state index contributed by atoms with van der Waals surface area (Å²) in [7, 11) is 0. The zero-order valence-corrected chi connectivity index (χ0v) is 29.6. The van der Waals surface area contributed by atoms with E-state index in [2.05, 4.69) is 152 Å². The van der Waals surface area contributed by atoms with Crippen molar-refractivity contribution in [2.24, 2.45) is 0 Å². The molecule has 256 valence electrons. The van der Waals surface area contributed by atoms with Crippen LogP contribution >= 0.6 is 0 Å². The highest BCUT2D eigenvalue weighted by Crippen LogP contribution is 2.42. The van der Waals surface area contributed by atoms with Crippen LogP contribution in [0.4, 0.5) is 0 Å². The van der Waals surface area contributed by atoms with E-state index in [1.165, 1.54) is 21.7 Å². The molecule has 0 atom stereocenters. The third kappa shape index (κ3) is 5.26. The lowest BCUT2D eigenvalue weighted by atomic mass is 9.89. The Morgan fingerprint density at radius 2 is 0.745 bits per heavy atom. The minimum absolute atomic E-state index is 0.634. The predicted molar refractivity (Wildman–Crippen MR) is 227 cm³/mol. The number of rotatable bonds is 5. The second kappa shape index (κ2) is 12.6. The molecule has 0 unspecified atom stereocenters. The number of hydrogen-bond acceptors (Lipinski definition) is 4. The first-order chi connectivity index (χ1) is 27.2. The fourth-order valence-corrected chi connectivity index (χ4v) is 8.06. The lowest BCUT2D eigenvalue weighted by Gasteiger charge is -2.16. The van der Waals surface area contributed by atoms with Crippen molar-refractivity contribution in [1.82, 2.24) is 15.0 Å². The van der Waals surface area contributed by atoms with Gasteiger partial charge in [0.1, 0.15) is 11.2 Å². The Morgan fingerprint density at radius 1 is 0.273 bits per heavy atom. The monoisotopic (exact) mass is 701 g/mol. The van der Waals surface area contributed by atoms with E-state index in [-0.39, 0.29) is 0 Å². The maximum absolute atomic E-state index is 6.15. The van der Waals surface area contributed by atoms with E-state index >= 15 is 0 Å². The van der Waals surface area contributed by atoms with E-state index in [4.69, 9.17) is 19.4 Å².